The van der Waals surface area contributed by atoms with Crippen LogP contribution in [0.3, 0.4) is 0 Å². The number of ether oxygens (including phenoxy) is 2. The lowest BCUT2D eigenvalue weighted by Gasteiger charge is -2.27. The number of carbonyl (C=O) groups excluding carboxylic acids is 2. The molecule has 0 aliphatic rings. The molecule has 0 fully saturated rings. The number of aliphatic hydroxyl groups is 2. The third kappa shape index (κ3) is 38.9. The van der Waals surface area contributed by atoms with Crippen LogP contribution in [0.2, 0.25) is 0 Å². The minimum absolute atomic E-state index is 0.0501. The first-order chi connectivity index (χ1) is 28.4. The molecule has 2 unspecified atom stereocenters. The third-order valence-corrected chi connectivity index (χ3v) is 12.1. The maximum absolute atomic E-state index is 12.6. The van der Waals surface area contributed by atoms with Gasteiger partial charge in [0.2, 0.25) is 0 Å². The van der Waals surface area contributed by atoms with E-state index in [9.17, 15) is 19.8 Å². The molecule has 0 bridgehead atoms. The van der Waals surface area contributed by atoms with Crippen molar-refractivity contribution in [3.8, 4) is 0 Å². The fraction of sp³-hybridized carbons (Fsp3) is 0.960. The Morgan fingerprint density at radius 2 is 0.672 bits per heavy atom. The molecule has 8 heteroatoms. The number of carbonyl (C=O) groups is 2. The monoisotopic (exact) mass is 825 g/mol. The summed E-state index contributed by atoms with van der Waals surface area (Å²) < 4.78 is 11.6. The van der Waals surface area contributed by atoms with Gasteiger partial charge >= 0.3 is 11.9 Å². The van der Waals surface area contributed by atoms with Crippen molar-refractivity contribution in [3.05, 3.63) is 0 Å². The van der Waals surface area contributed by atoms with E-state index in [-0.39, 0.29) is 25.2 Å². The molecule has 0 amide bonds. The Kier molecular flexibility index (Phi) is 44.4. The molecule has 0 spiro atoms. The van der Waals surface area contributed by atoms with Crippen molar-refractivity contribution in [2.75, 3.05) is 65.7 Å². The maximum atomic E-state index is 12.6. The largest absolute Gasteiger partial charge is 0.465 e. The summed E-state index contributed by atoms with van der Waals surface area (Å²) in [6.07, 6.45) is 37.1. The molecule has 2 atom stereocenters. The summed E-state index contributed by atoms with van der Waals surface area (Å²) in [5.41, 5.74) is 0. The van der Waals surface area contributed by atoms with E-state index in [0.29, 0.717) is 51.0 Å². The van der Waals surface area contributed by atoms with Crippen LogP contribution in [0, 0.1) is 11.8 Å². The molecule has 0 aromatic rings. The number of nitrogens with zero attached hydrogens (tertiary/aromatic N) is 2. The van der Waals surface area contributed by atoms with E-state index in [0.717, 1.165) is 64.7 Å². The van der Waals surface area contributed by atoms with Crippen molar-refractivity contribution in [1.82, 2.24) is 9.80 Å². The number of unbranched alkanes of at least 4 members (excludes halogenated alkanes) is 20. The Hall–Kier alpha value is -1.22. The minimum Gasteiger partial charge on any atom is -0.465 e. The van der Waals surface area contributed by atoms with E-state index >= 15 is 0 Å². The van der Waals surface area contributed by atoms with Gasteiger partial charge in [0, 0.05) is 39.0 Å². The zero-order chi connectivity index (χ0) is 42.6. The van der Waals surface area contributed by atoms with Gasteiger partial charge in [-0.1, -0.05) is 169 Å². The Morgan fingerprint density at radius 1 is 0.379 bits per heavy atom. The topological polar surface area (TPSA) is 99.5 Å². The fourth-order valence-electron chi connectivity index (χ4n) is 8.13. The van der Waals surface area contributed by atoms with Crippen LogP contribution in [0.4, 0.5) is 0 Å². The zero-order valence-electron chi connectivity index (χ0n) is 39.3. The smallest absolute Gasteiger partial charge is 0.305 e. The van der Waals surface area contributed by atoms with Crippen LogP contribution in [-0.4, -0.2) is 97.6 Å². The molecule has 0 radical (unpaired) electrons. The van der Waals surface area contributed by atoms with Gasteiger partial charge in [0.05, 0.1) is 26.4 Å². The summed E-state index contributed by atoms with van der Waals surface area (Å²) in [6, 6.07) is 0. The summed E-state index contributed by atoms with van der Waals surface area (Å²) in [4.78, 5) is 29.8. The summed E-state index contributed by atoms with van der Waals surface area (Å²) in [7, 11) is 0. The van der Waals surface area contributed by atoms with Crippen molar-refractivity contribution < 1.29 is 29.3 Å². The molecule has 0 aliphatic heterocycles. The molecule has 346 valence electrons. The van der Waals surface area contributed by atoms with E-state index in [1.807, 2.05) is 0 Å². The van der Waals surface area contributed by atoms with Crippen LogP contribution < -0.4 is 0 Å². The van der Waals surface area contributed by atoms with Crippen LogP contribution in [0.25, 0.3) is 0 Å². The van der Waals surface area contributed by atoms with Crippen molar-refractivity contribution in [2.24, 2.45) is 11.8 Å². The second-order valence-electron chi connectivity index (χ2n) is 17.7. The van der Waals surface area contributed by atoms with Gasteiger partial charge in [-0.15, -0.1) is 0 Å². The second-order valence-corrected chi connectivity index (χ2v) is 17.7. The highest BCUT2D eigenvalue weighted by Gasteiger charge is 2.15. The summed E-state index contributed by atoms with van der Waals surface area (Å²) in [6.45, 7) is 15.2. The van der Waals surface area contributed by atoms with Gasteiger partial charge in [-0.3, -0.25) is 19.4 Å². The molecule has 8 nitrogen and oxygen atoms in total. The van der Waals surface area contributed by atoms with Gasteiger partial charge in [-0.25, -0.2) is 0 Å². The van der Waals surface area contributed by atoms with Crippen molar-refractivity contribution in [1.29, 1.82) is 0 Å². The molecule has 0 saturated heterocycles. The van der Waals surface area contributed by atoms with Crippen LogP contribution in [0.1, 0.15) is 233 Å². The predicted molar refractivity (Wildman–Crippen MR) is 246 cm³/mol. The standard InChI is InChI=1S/C50H100N2O6/c1-5-9-13-17-19-25-33-47(31-23-15-11-7-3)45-57-49(55)35-27-21-29-37-51(41-43-53)39-40-52(42-44-54)38-30-22-28-36-50(56)58-46-48(32-24-16-12-8-4)34-26-20-18-14-10-6-2/h47-48,53-54H,5-46H2,1-4H3. The van der Waals surface area contributed by atoms with E-state index in [2.05, 4.69) is 37.5 Å². The summed E-state index contributed by atoms with van der Waals surface area (Å²) in [5.74, 6) is 0.901. The molecule has 0 saturated carbocycles. The Bertz CT molecular complexity index is 792. The highest BCUT2D eigenvalue weighted by molar-refractivity contribution is 5.69. The Balaban J connectivity index is 4.41. The van der Waals surface area contributed by atoms with Gasteiger partial charge in [0.1, 0.15) is 0 Å². The molecular weight excluding hydrogens is 725 g/mol. The van der Waals surface area contributed by atoms with Gasteiger partial charge in [-0.05, 0) is 76.3 Å². The molecule has 58 heavy (non-hydrogen) atoms. The number of hydrogen-bond acceptors (Lipinski definition) is 8. The van der Waals surface area contributed by atoms with Gasteiger partial charge in [0.15, 0.2) is 0 Å². The number of aliphatic hydroxyl groups excluding tert-OH is 2. The average Bonchev–Trinajstić information content (AvgIpc) is 3.22. The molecule has 0 heterocycles. The van der Waals surface area contributed by atoms with Crippen molar-refractivity contribution >= 4 is 11.9 Å². The molecule has 2 N–H and O–H groups in total. The van der Waals surface area contributed by atoms with E-state index in [1.165, 1.54) is 154 Å². The first-order valence-corrected chi connectivity index (χ1v) is 25.4. The average molecular weight is 825 g/mol. The van der Waals surface area contributed by atoms with Crippen molar-refractivity contribution in [2.45, 2.75) is 233 Å². The number of esters is 2. The van der Waals surface area contributed by atoms with E-state index in [4.69, 9.17) is 9.47 Å². The number of rotatable bonds is 47. The first kappa shape index (κ1) is 56.8. The highest BCUT2D eigenvalue weighted by atomic mass is 16.5. The van der Waals surface area contributed by atoms with E-state index < -0.39 is 0 Å². The normalized spacial score (nSPS) is 12.8. The Morgan fingerprint density at radius 3 is 1.00 bits per heavy atom. The summed E-state index contributed by atoms with van der Waals surface area (Å²) >= 11 is 0. The lowest BCUT2D eigenvalue weighted by Crippen LogP contribution is -2.38. The van der Waals surface area contributed by atoms with Crippen LogP contribution in [0.5, 0.6) is 0 Å². The SMILES string of the molecule is CCCCCCCCC(CCCCCC)COC(=O)CCCCCN(CCO)CCN(CCO)CCCCCC(=O)OCC(CCCCCC)CCCCCCCC. The predicted octanol–water partition coefficient (Wildman–Crippen LogP) is 12.5. The lowest BCUT2D eigenvalue weighted by molar-refractivity contribution is -0.146. The molecule has 0 rings (SSSR count). The van der Waals surface area contributed by atoms with Gasteiger partial charge < -0.3 is 19.7 Å². The molecule has 0 aromatic heterocycles. The van der Waals surface area contributed by atoms with Crippen LogP contribution in [0.15, 0.2) is 0 Å². The second kappa shape index (κ2) is 45.3. The van der Waals surface area contributed by atoms with E-state index in [1.54, 1.807) is 0 Å². The molecule has 0 aliphatic carbocycles. The molecule has 0 aromatic carbocycles. The Labute approximate surface area is 360 Å². The zero-order valence-corrected chi connectivity index (χ0v) is 39.3. The fourth-order valence-corrected chi connectivity index (χ4v) is 8.13. The first-order valence-electron chi connectivity index (χ1n) is 25.4. The summed E-state index contributed by atoms with van der Waals surface area (Å²) in [5, 5.41) is 19.4. The van der Waals surface area contributed by atoms with Crippen LogP contribution in [-0.2, 0) is 19.1 Å². The van der Waals surface area contributed by atoms with Gasteiger partial charge in [0.25, 0.3) is 0 Å². The van der Waals surface area contributed by atoms with Gasteiger partial charge in [-0.2, -0.15) is 0 Å². The minimum atomic E-state index is -0.0501. The third-order valence-electron chi connectivity index (χ3n) is 12.1. The quantitative estimate of drug-likeness (QED) is 0.0462. The maximum Gasteiger partial charge on any atom is 0.305 e. The van der Waals surface area contributed by atoms with Crippen molar-refractivity contribution in [3.63, 3.8) is 0 Å². The highest BCUT2D eigenvalue weighted by Crippen LogP contribution is 2.21. The van der Waals surface area contributed by atoms with Crippen LogP contribution >= 0.6 is 0 Å². The molecular formula is C50H100N2O6. The lowest BCUT2D eigenvalue weighted by atomic mass is 9.95. The number of hydrogen-bond donors (Lipinski definition) is 2.